The van der Waals surface area contributed by atoms with Gasteiger partial charge in [-0.1, -0.05) is 0 Å². The molecule has 0 radical (unpaired) electrons. The van der Waals surface area contributed by atoms with Gasteiger partial charge in [-0.3, -0.25) is 0 Å². The first kappa shape index (κ1) is 19.9. The number of ether oxygens (including phenoxy) is 1. The van der Waals surface area contributed by atoms with E-state index in [0.717, 1.165) is 40.8 Å². The van der Waals surface area contributed by atoms with Gasteiger partial charge in [0.2, 0.25) is 5.95 Å². The molecule has 0 amide bonds. The largest absolute Gasteiger partial charge is 0.378 e. The Kier molecular flexibility index (Phi) is 4.51. The third-order valence-corrected chi connectivity index (χ3v) is 6.35. The number of fused-ring (bicyclic) bond motifs is 2. The summed E-state index contributed by atoms with van der Waals surface area (Å²) in [6, 6.07) is 5.98. The molecule has 162 valence electrons. The molecular weight excluding hydrogens is 395 g/mol. The average Bonchev–Trinajstić information content (AvgIpc) is 3.26. The Morgan fingerprint density at radius 1 is 1.26 bits per heavy atom. The van der Waals surface area contributed by atoms with Gasteiger partial charge in [0, 0.05) is 31.0 Å². The van der Waals surface area contributed by atoms with E-state index in [9.17, 15) is 4.39 Å². The third kappa shape index (κ3) is 3.26. The SMILES string of the molecule is COC1(C)CC(Nc2ncc3c(-c4cc(F)c5nc(C)n(C(C)C)c5c4)ccn3n2)C1. The zero-order valence-electron chi connectivity index (χ0n) is 18.5. The predicted octanol–water partition coefficient (Wildman–Crippen LogP) is 4.75. The highest BCUT2D eigenvalue weighted by molar-refractivity contribution is 5.88. The molecule has 3 aromatic heterocycles. The summed E-state index contributed by atoms with van der Waals surface area (Å²) in [5, 5.41) is 7.96. The average molecular weight is 423 g/mol. The normalized spacial score (nSPS) is 21.2. The minimum atomic E-state index is -0.320. The van der Waals surface area contributed by atoms with Crippen molar-refractivity contribution in [2.45, 2.75) is 58.2 Å². The number of methoxy groups -OCH3 is 1. The predicted molar refractivity (Wildman–Crippen MR) is 119 cm³/mol. The van der Waals surface area contributed by atoms with Crippen LogP contribution < -0.4 is 5.32 Å². The van der Waals surface area contributed by atoms with E-state index in [1.807, 2.05) is 25.3 Å². The van der Waals surface area contributed by atoms with Gasteiger partial charge in [0.05, 0.1) is 22.8 Å². The molecule has 4 aromatic rings. The molecule has 7 nitrogen and oxygen atoms in total. The molecule has 8 heteroatoms. The topological polar surface area (TPSA) is 69.3 Å². The Hall–Kier alpha value is -3.00. The fourth-order valence-electron chi connectivity index (χ4n) is 4.72. The van der Waals surface area contributed by atoms with Gasteiger partial charge < -0.3 is 14.6 Å². The van der Waals surface area contributed by atoms with Crippen molar-refractivity contribution in [3.63, 3.8) is 0 Å². The van der Waals surface area contributed by atoms with Crippen LogP contribution in [0, 0.1) is 12.7 Å². The molecule has 1 aromatic carbocycles. The van der Waals surface area contributed by atoms with Crippen LogP contribution in [-0.4, -0.2) is 42.9 Å². The highest BCUT2D eigenvalue weighted by Gasteiger charge is 2.40. The van der Waals surface area contributed by atoms with E-state index >= 15 is 0 Å². The van der Waals surface area contributed by atoms with Crippen LogP contribution in [0.25, 0.3) is 27.7 Å². The summed E-state index contributed by atoms with van der Waals surface area (Å²) in [5.41, 5.74) is 3.64. The van der Waals surface area contributed by atoms with Crippen molar-refractivity contribution in [1.29, 1.82) is 0 Å². The summed E-state index contributed by atoms with van der Waals surface area (Å²) in [6.07, 6.45) is 5.50. The number of rotatable bonds is 5. The van der Waals surface area contributed by atoms with E-state index in [1.54, 1.807) is 23.9 Å². The quantitative estimate of drug-likeness (QED) is 0.502. The minimum absolute atomic E-state index is 0.0635. The first-order valence-electron chi connectivity index (χ1n) is 10.6. The van der Waals surface area contributed by atoms with Crippen LogP contribution in [0.1, 0.15) is 45.5 Å². The second kappa shape index (κ2) is 7.02. The maximum Gasteiger partial charge on any atom is 0.241 e. The van der Waals surface area contributed by atoms with Crippen molar-refractivity contribution in [3.05, 3.63) is 42.2 Å². The van der Waals surface area contributed by atoms with Crippen molar-refractivity contribution < 1.29 is 9.13 Å². The van der Waals surface area contributed by atoms with Gasteiger partial charge in [-0.15, -0.1) is 5.10 Å². The van der Waals surface area contributed by atoms with Crippen LogP contribution >= 0.6 is 0 Å². The molecule has 1 saturated carbocycles. The van der Waals surface area contributed by atoms with Crippen LogP contribution in [0.3, 0.4) is 0 Å². The van der Waals surface area contributed by atoms with Crippen molar-refractivity contribution in [3.8, 4) is 11.1 Å². The summed E-state index contributed by atoms with van der Waals surface area (Å²) in [6.45, 7) is 8.17. The molecule has 5 rings (SSSR count). The molecule has 1 N–H and O–H groups in total. The monoisotopic (exact) mass is 422 g/mol. The van der Waals surface area contributed by atoms with Crippen LogP contribution in [0.4, 0.5) is 10.3 Å². The van der Waals surface area contributed by atoms with Crippen molar-refractivity contribution in [1.82, 2.24) is 24.1 Å². The number of halogens is 1. The summed E-state index contributed by atoms with van der Waals surface area (Å²) in [7, 11) is 1.75. The first-order valence-corrected chi connectivity index (χ1v) is 10.6. The van der Waals surface area contributed by atoms with Crippen molar-refractivity contribution in [2.75, 3.05) is 12.4 Å². The number of hydrogen-bond donors (Lipinski definition) is 1. The summed E-state index contributed by atoms with van der Waals surface area (Å²) in [4.78, 5) is 8.93. The van der Waals surface area contributed by atoms with Crippen molar-refractivity contribution >= 4 is 22.5 Å². The molecule has 1 fully saturated rings. The summed E-state index contributed by atoms with van der Waals surface area (Å²) >= 11 is 0. The van der Waals surface area contributed by atoms with Crippen molar-refractivity contribution in [2.24, 2.45) is 0 Å². The molecule has 1 aliphatic carbocycles. The third-order valence-electron chi connectivity index (χ3n) is 6.35. The molecule has 31 heavy (non-hydrogen) atoms. The molecule has 0 aliphatic heterocycles. The maximum absolute atomic E-state index is 14.9. The second-order valence-corrected chi connectivity index (χ2v) is 8.99. The molecular formula is C23H27FN6O. The number of anilines is 1. The van der Waals surface area contributed by atoms with E-state index < -0.39 is 0 Å². The Morgan fingerprint density at radius 3 is 2.74 bits per heavy atom. The number of hydrogen-bond acceptors (Lipinski definition) is 5. The Bertz CT molecular complexity index is 1280. The molecule has 0 bridgehead atoms. The van der Waals surface area contributed by atoms with E-state index in [1.165, 1.54) is 0 Å². The van der Waals surface area contributed by atoms with Gasteiger partial charge >= 0.3 is 0 Å². The van der Waals surface area contributed by atoms with E-state index in [-0.39, 0.29) is 17.5 Å². The number of aryl methyl sites for hydroxylation is 1. The fraction of sp³-hybridized carbons (Fsp3) is 0.435. The van der Waals surface area contributed by atoms with Gasteiger partial charge in [0.15, 0.2) is 5.82 Å². The fourth-order valence-corrected chi connectivity index (χ4v) is 4.72. The zero-order valence-corrected chi connectivity index (χ0v) is 18.5. The molecule has 0 atom stereocenters. The van der Waals surface area contributed by atoms with Gasteiger partial charge in [0.25, 0.3) is 0 Å². The number of nitrogens with one attached hydrogen (secondary N) is 1. The lowest BCUT2D eigenvalue weighted by atomic mass is 9.77. The lowest BCUT2D eigenvalue weighted by molar-refractivity contribution is -0.0626. The molecule has 3 heterocycles. The molecule has 0 unspecified atom stereocenters. The summed E-state index contributed by atoms with van der Waals surface area (Å²) < 4.78 is 24.3. The van der Waals surface area contributed by atoms with Gasteiger partial charge in [-0.2, -0.15) is 0 Å². The van der Waals surface area contributed by atoms with Crippen LogP contribution in [-0.2, 0) is 4.74 Å². The lowest BCUT2D eigenvalue weighted by Gasteiger charge is -2.44. The minimum Gasteiger partial charge on any atom is -0.378 e. The highest BCUT2D eigenvalue weighted by Crippen LogP contribution is 2.36. The second-order valence-electron chi connectivity index (χ2n) is 8.99. The molecule has 0 saturated heterocycles. The van der Waals surface area contributed by atoms with Crippen LogP contribution in [0.5, 0.6) is 0 Å². The Morgan fingerprint density at radius 2 is 2.03 bits per heavy atom. The van der Waals surface area contributed by atoms with Crippen LogP contribution in [0.2, 0.25) is 0 Å². The van der Waals surface area contributed by atoms with E-state index in [2.05, 4.69) is 45.7 Å². The lowest BCUT2D eigenvalue weighted by Crippen LogP contribution is -2.49. The van der Waals surface area contributed by atoms with E-state index in [4.69, 9.17) is 4.74 Å². The Balaban J connectivity index is 1.49. The molecule has 0 spiro atoms. The summed E-state index contributed by atoms with van der Waals surface area (Å²) in [5.74, 6) is 1.06. The number of aromatic nitrogens is 5. The van der Waals surface area contributed by atoms with Gasteiger partial charge in [-0.25, -0.2) is 18.9 Å². The van der Waals surface area contributed by atoms with Crippen LogP contribution in [0.15, 0.2) is 30.6 Å². The zero-order chi connectivity index (χ0) is 21.9. The number of benzene rings is 1. The van der Waals surface area contributed by atoms with Gasteiger partial charge in [0.1, 0.15) is 11.3 Å². The standard InChI is InChI=1S/C23H27FN6O/c1-13(2)30-14(3)26-21-18(24)8-15(9-19(21)30)17-6-7-29-20(17)12-25-22(28-29)27-16-10-23(4,11-16)31-5/h6-9,12-13,16H,10-11H2,1-5H3,(H,27,28). The van der Waals surface area contributed by atoms with E-state index in [0.29, 0.717) is 17.5 Å². The Labute approximate surface area is 180 Å². The smallest absolute Gasteiger partial charge is 0.241 e. The van der Waals surface area contributed by atoms with Gasteiger partial charge in [-0.05, 0) is 64.3 Å². The first-order chi connectivity index (χ1) is 14.8. The number of imidazole rings is 1. The maximum atomic E-state index is 14.9. The number of nitrogens with zero attached hydrogens (tertiary/aromatic N) is 5. The highest BCUT2D eigenvalue weighted by atomic mass is 19.1. The molecule has 1 aliphatic rings.